The Hall–Kier alpha value is -1.92. The summed E-state index contributed by atoms with van der Waals surface area (Å²) in [4.78, 5) is 14.1. The van der Waals surface area contributed by atoms with Gasteiger partial charge in [0.25, 0.3) is 5.91 Å². The summed E-state index contributed by atoms with van der Waals surface area (Å²) in [6.45, 7) is 1.81. The van der Waals surface area contributed by atoms with Crippen LogP contribution in [0, 0.1) is 5.82 Å². The minimum atomic E-state index is -0.485. The van der Waals surface area contributed by atoms with E-state index in [2.05, 4.69) is 15.5 Å². The number of nitrogens with one attached hydrogen (secondary N) is 2. The summed E-state index contributed by atoms with van der Waals surface area (Å²) in [6.07, 6.45) is 0.835. The lowest BCUT2D eigenvalue weighted by molar-refractivity contribution is 0.0777. The molecule has 1 amide bonds. The second kappa shape index (κ2) is 6.06. The molecule has 22 heavy (non-hydrogen) atoms. The SMILES string of the molecule is CN(Cc1ccc(Cl)c(F)c1)C(=O)c1n[nH]c2c1CNCC2. The van der Waals surface area contributed by atoms with Gasteiger partial charge in [0, 0.05) is 44.4 Å². The third kappa shape index (κ3) is 2.84. The first kappa shape index (κ1) is 15.0. The van der Waals surface area contributed by atoms with Crippen LogP contribution in [-0.2, 0) is 19.5 Å². The van der Waals surface area contributed by atoms with Crippen LogP contribution >= 0.6 is 11.6 Å². The first-order valence-corrected chi connectivity index (χ1v) is 7.40. The maximum absolute atomic E-state index is 13.5. The molecule has 0 radical (unpaired) electrons. The monoisotopic (exact) mass is 322 g/mol. The third-order valence-electron chi connectivity index (χ3n) is 3.76. The fourth-order valence-electron chi connectivity index (χ4n) is 2.57. The molecule has 5 nitrogen and oxygen atoms in total. The Morgan fingerprint density at radius 2 is 2.32 bits per heavy atom. The van der Waals surface area contributed by atoms with Gasteiger partial charge in [-0.25, -0.2) is 4.39 Å². The summed E-state index contributed by atoms with van der Waals surface area (Å²) in [5, 5.41) is 10.4. The summed E-state index contributed by atoms with van der Waals surface area (Å²) in [6, 6.07) is 4.54. The van der Waals surface area contributed by atoms with Crippen molar-refractivity contribution in [1.29, 1.82) is 0 Å². The zero-order valence-electron chi connectivity index (χ0n) is 12.1. The number of H-pyrrole nitrogens is 1. The summed E-state index contributed by atoms with van der Waals surface area (Å²) >= 11 is 5.66. The highest BCUT2D eigenvalue weighted by molar-refractivity contribution is 6.30. The number of hydrogen-bond donors (Lipinski definition) is 2. The van der Waals surface area contributed by atoms with Crippen molar-refractivity contribution in [2.24, 2.45) is 0 Å². The fourth-order valence-corrected chi connectivity index (χ4v) is 2.68. The maximum Gasteiger partial charge on any atom is 0.274 e. The molecule has 0 saturated heterocycles. The molecule has 0 aliphatic carbocycles. The van der Waals surface area contributed by atoms with Crippen LogP contribution < -0.4 is 5.32 Å². The molecular weight excluding hydrogens is 307 g/mol. The van der Waals surface area contributed by atoms with Gasteiger partial charge in [0.1, 0.15) is 5.82 Å². The van der Waals surface area contributed by atoms with E-state index >= 15 is 0 Å². The number of amides is 1. The van der Waals surface area contributed by atoms with Crippen LogP contribution in [0.5, 0.6) is 0 Å². The van der Waals surface area contributed by atoms with Crippen LogP contribution in [0.1, 0.15) is 27.3 Å². The molecule has 3 rings (SSSR count). The van der Waals surface area contributed by atoms with Crippen LogP contribution in [0.25, 0.3) is 0 Å². The first-order chi connectivity index (χ1) is 10.6. The third-order valence-corrected chi connectivity index (χ3v) is 4.07. The van der Waals surface area contributed by atoms with Crippen molar-refractivity contribution in [2.75, 3.05) is 13.6 Å². The first-order valence-electron chi connectivity index (χ1n) is 7.02. The number of rotatable bonds is 3. The molecule has 0 unspecified atom stereocenters. The number of nitrogens with zero attached hydrogens (tertiary/aromatic N) is 2. The quantitative estimate of drug-likeness (QED) is 0.910. The normalized spacial score (nSPS) is 13.8. The van der Waals surface area contributed by atoms with Gasteiger partial charge >= 0.3 is 0 Å². The van der Waals surface area contributed by atoms with Gasteiger partial charge < -0.3 is 10.2 Å². The van der Waals surface area contributed by atoms with Crippen LogP contribution in [-0.4, -0.2) is 34.6 Å². The molecule has 7 heteroatoms. The predicted octanol–water partition coefficient (Wildman–Crippen LogP) is 2.12. The lowest BCUT2D eigenvalue weighted by Crippen LogP contribution is -2.30. The van der Waals surface area contributed by atoms with Crippen LogP contribution in [0.3, 0.4) is 0 Å². The molecule has 1 aromatic heterocycles. The predicted molar refractivity (Wildman–Crippen MR) is 81.2 cm³/mol. The number of carbonyl (C=O) groups excluding carboxylic acids is 1. The Morgan fingerprint density at radius 3 is 3.09 bits per heavy atom. The van der Waals surface area contributed by atoms with Crippen molar-refractivity contribution >= 4 is 17.5 Å². The lowest BCUT2D eigenvalue weighted by Gasteiger charge is -2.18. The van der Waals surface area contributed by atoms with Gasteiger partial charge in [-0.15, -0.1) is 0 Å². The van der Waals surface area contributed by atoms with Crippen LogP contribution in [0.15, 0.2) is 18.2 Å². The number of fused-ring (bicyclic) bond motifs is 1. The van der Waals surface area contributed by atoms with E-state index in [0.717, 1.165) is 24.2 Å². The Kier molecular flexibility index (Phi) is 4.13. The fraction of sp³-hybridized carbons (Fsp3) is 0.333. The highest BCUT2D eigenvalue weighted by Crippen LogP contribution is 2.19. The largest absolute Gasteiger partial charge is 0.336 e. The molecule has 116 valence electrons. The Balaban J connectivity index is 1.77. The smallest absolute Gasteiger partial charge is 0.274 e. The molecule has 0 fully saturated rings. The number of aromatic amines is 1. The molecule has 0 bridgehead atoms. The van der Waals surface area contributed by atoms with Crippen molar-refractivity contribution < 1.29 is 9.18 Å². The maximum atomic E-state index is 13.5. The number of aromatic nitrogens is 2. The van der Waals surface area contributed by atoms with Crippen molar-refractivity contribution in [3.05, 3.63) is 51.6 Å². The molecular formula is C15H16ClFN4O. The number of hydrogen-bond acceptors (Lipinski definition) is 3. The summed E-state index contributed by atoms with van der Waals surface area (Å²) in [7, 11) is 1.67. The summed E-state index contributed by atoms with van der Waals surface area (Å²) in [5.74, 6) is -0.669. The van der Waals surface area contributed by atoms with Gasteiger partial charge in [-0.1, -0.05) is 17.7 Å². The van der Waals surface area contributed by atoms with Crippen molar-refractivity contribution in [1.82, 2.24) is 20.4 Å². The van der Waals surface area contributed by atoms with E-state index in [1.807, 2.05) is 0 Å². The molecule has 2 N–H and O–H groups in total. The Labute approximate surface area is 132 Å². The second-order valence-corrected chi connectivity index (χ2v) is 5.77. The van der Waals surface area contributed by atoms with Gasteiger partial charge in [-0.2, -0.15) is 5.10 Å². The van der Waals surface area contributed by atoms with Gasteiger partial charge in [0.15, 0.2) is 5.69 Å². The van der Waals surface area contributed by atoms with Crippen LogP contribution in [0.2, 0.25) is 5.02 Å². The minimum Gasteiger partial charge on any atom is -0.336 e. The molecule has 0 saturated carbocycles. The molecule has 1 aliphatic heterocycles. The molecule has 1 aromatic carbocycles. The van der Waals surface area contributed by atoms with E-state index in [1.54, 1.807) is 13.1 Å². The Morgan fingerprint density at radius 1 is 1.50 bits per heavy atom. The van der Waals surface area contributed by atoms with E-state index in [-0.39, 0.29) is 10.9 Å². The topological polar surface area (TPSA) is 61.0 Å². The van der Waals surface area contributed by atoms with Crippen molar-refractivity contribution in [2.45, 2.75) is 19.5 Å². The highest BCUT2D eigenvalue weighted by atomic mass is 35.5. The number of carbonyl (C=O) groups is 1. The summed E-state index contributed by atoms with van der Waals surface area (Å²) in [5.41, 5.74) is 3.04. The van der Waals surface area contributed by atoms with Crippen LogP contribution in [0.4, 0.5) is 4.39 Å². The molecule has 0 spiro atoms. The summed E-state index contributed by atoms with van der Waals surface area (Å²) < 4.78 is 13.5. The zero-order chi connectivity index (χ0) is 15.7. The molecule has 1 aliphatic rings. The number of halogens is 2. The highest BCUT2D eigenvalue weighted by Gasteiger charge is 2.24. The molecule has 0 atom stereocenters. The zero-order valence-corrected chi connectivity index (χ0v) is 12.9. The van der Waals surface area contributed by atoms with Crippen molar-refractivity contribution in [3.63, 3.8) is 0 Å². The molecule has 2 heterocycles. The molecule has 2 aromatic rings. The van der Waals surface area contributed by atoms with E-state index in [1.165, 1.54) is 17.0 Å². The van der Waals surface area contributed by atoms with E-state index < -0.39 is 5.82 Å². The standard InChI is InChI=1S/C15H16ClFN4O/c1-21(8-9-2-3-11(16)12(17)6-9)15(22)14-10-7-18-5-4-13(10)19-20-14/h2-3,6,18H,4-5,7-8H2,1H3,(H,19,20). The number of benzene rings is 1. The van der Waals surface area contributed by atoms with Crippen molar-refractivity contribution in [3.8, 4) is 0 Å². The minimum absolute atomic E-state index is 0.0742. The second-order valence-electron chi connectivity index (χ2n) is 5.37. The average molecular weight is 323 g/mol. The Bertz CT molecular complexity index is 716. The van der Waals surface area contributed by atoms with Gasteiger partial charge in [-0.3, -0.25) is 9.89 Å². The lowest BCUT2D eigenvalue weighted by atomic mass is 10.1. The average Bonchev–Trinajstić information content (AvgIpc) is 2.94. The van der Waals surface area contributed by atoms with Gasteiger partial charge in [0.05, 0.1) is 5.02 Å². The van der Waals surface area contributed by atoms with E-state index in [9.17, 15) is 9.18 Å². The van der Waals surface area contributed by atoms with E-state index in [0.29, 0.717) is 24.3 Å². The van der Waals surface area contributed by atoms with E-state index in [4.69, 9.17) is 11.6 Å². The van der Waals surface area contributed by atoms with Gasteiger partial charge in [-0.05, 0) is 17.7 Å². The van der Waals surface area contributed by atoms with Gasteiger partial charge in [0.2, 0.25) is 0 Å².